The Morgan fingerprint density at radius 3 is 2.62 bits per heavy atom. The molecule has 1 aromatic rings. The highest BCUT2D eigenvalue weighted by molar-refractivity contribution is 5.46. The first-order chi connectivity index (χ1) is 7.39. The van der Waals surface area contributed by atoms with Crippen LogP contribution in [0.5, 0.6) is 0 Å². The molecule has 0 bridgehead atoms. The summed E-state index contributed by atoms with van der Waals surface area (Å²) >= 11 is 0. The lowest BCUT2D eigenvalue weighted by Gasteiger charge is -2.19. The van der Waals surface area contributed by atoms with Gasteiger partial charge in [-0.25, -0.2) is 0 Å². The van der Waals surface area contributed by atoms with Gasteiger partial charge >= 0.3 is 0 Å². The second-order valence-corrected chi connectivity index (χ2v) is 5.30. The highest BCUT2D eigenvalue weighted by atomic mass is 16.5. The van der Waals surface area contributed by atoms with Crippen LogP contribution in [0.1, 0.15) is 38.1 Å². The van der Waals surface area contributed by atoms with Crippen molar-refractivity contribution in [3.63, 3.8) is 0 Å². The van der Waals surface area contributed by atoms with Gasteiger partial charge in [-0.05, 0) is 40.5 Å². The maximum Gasteiger partial charge on any atom is 0.0825 e. The number of nitrogen functional groups attached to an aromatic ring is 1. The molecule has 2 rings (SSSR count). The van der Waals surface area contributed by atoms with Crippen LogP contribution in [0.2, 0.25) is 0 Å². The van der Waals surface area contributed by atoms with Gasteiger partial charge in [0.25, 0.3) is 0 Å². The van der Waals surface area contributed by atoms with Crippen molar-refractivity contribution in [2.75, 3.05) is 5.73 Å². The van der Waals surface area contributed by atoms with Crippen molar-refractivity contribution in [2.24, 2.45) is 0 Å². The lowest BCUT2D eigenvalue weighted by Crippen LogP contribution is -2.23. The van der Waals surface area contributed by atoms with E-state index in [1.54, 1.807) is 0 Å². The lowest BCUT2D eigenvalue weighted by atomic mass is 10.1. The molecule has 2 N–H and O–H groups in total. The van der Waals surface area contributed by atoms with Crippen LogP contribution < -0.4 is 5.73 Å². The van der Waals surface area contributed by atoms with E-state index in [1.807, 2.05) is 18.5 Å². The van der Waals surface area contributed by atoms with Crippen molar-refractivity contribution in [1.29, 1.82) is 0 Å². The van der Waals surface area contributed by atoms with Crippen molar-refractivity contribution in [2.45, 2.75) is 58.8 Å². The molecule has 1 atom stereocenters. The number of hydrogen-bond donors (Lipinski definition) is 1. The molecule has 0 aromatic carbocycles. The predicted molar refractivity (Wildman–Crippen MR) is 64.3 cm³/mol. The van der Waals surface area contributed by atoms with Gasteiger partial charge in [0.2, 0.25) is 0 Å². The van der Waals surface area contributed by atoms with Gasteiger partial charge in [-0.15, -0.1) is 0 Å². The Labute approximate surface area is 96.8 Å². The molecule has 2 heterocycles. The van der Waals surface area contributed by atoms with Crippen molar-refractivity contribution in [3.05, 3.63) is 11.4 Å². The lowest BCUT2D eigenvalue weighted by molar-refractivity contribution is -0.0232. The summed E-state index contributed by atoms with van der Waals surface area (Å²) in [6.45, 7) is 9.05. The molecule has 16 heavy (non-hydrogen) atoms. The van der Waals surface area contributed by atoms with Gasteiger partial charge in [0.05, 0.1) is 35.3 Å². The van der Waals surface area contributed by atoms with Crippen LogP contribution in [0.15, 0.2) is 0 Å². The smallest absolute Gasteiger partial charge is 0.0825 e. The summed E-state index contributed by atoms with van der Waals surface area (Å²) in [6, 6.07) is 0. The number of ether oxygens (including phenoxy) is 1. The number of rotatable bonds is 2. The zero-order chi connectivity index (χ0) is 11.9. The summed E-state index contributed by atoms with van der Waals surface area (Å²) in [5, 5.41) is 4.43. The zero-order valence-electron chi connectivity index (χ0n) is 10.6. The number of aryl methyl sites for hydroxylation is 1. The average molecular weight is 223 g/mol. The van der Waals surface area contributed by atoms with Crippen molar-refractivity contribution in [3.8, 4) is 0 Å². The number of nitrogens with two attached hydrogens (primary N) is 1. The van der Waals surface area contributed by atoms with Crippen molar-refractivity contribution in [1.82, 2.24) is 9.78 Å². The van der Waals surface area contributed by atoms with Crippen LogP contribution in [0, 0.1) is 13.8 Å². The van der Waals surface area contributed by atoms with Gasteiger partial charge in [-0.1, -0.05) is 0 Å². The second-order valence-electron chi connectivity index (χ2n) is 5.30. The molecule has 1 unspecified atom stereocenters. The fourth-order valence-electron chi connectivity index (χ4n) is 2.29. The number of nitrogens with zero attached hydrogens (tertiary/aromatic N) is 2. The van der Waals surface area contributed by atoms with E-state index in [-0.39, 0.29) is 11.7 Å². The van der Waals surface area contributed by atoms with Gasteiger partial charge in [-0.3, -0.25) is 4.68 Å². The molecule has 1 aromatic heterocycles. The first kappa shape index (κ1) is 11.5. The van der Waals surface area contributed by atoms with Crippen LogP contribution in [0.4, 0.5) is 5.69 Å². The molecular weight excluding hydrogens is 202 g/mol. The van der Waals surface area contributed by atoms with E-state index < -0.39 is 0 Å². The van der Waals surface area contributed by atoms with E-state index >= 15 is 0 Å². The zero-order valence-corrected chi connectivity index (χ0v) is 10.6. The fraction of sp³-hybridized carbons (Fsp3) is 0.750. The Kier molecular flexibility index (Phi) is 2.70. The van der Waals surface area contributed by atoms with Crippen LogP contribution in [0.3, 0.4) is 0 Å². The number of aromatic nitrogens is 2. The second kappa shape index (κ2) is 3.77. The summed E-state index contributed by atoms with van der Waals surface area (Å²) < 4.78 is 7.92. The Bertz CT molecular complexity index is 395. The van der Waals surface area contributed by atoms with Gasteiger partial charge in [0.15, 0.2) is 0 Å². The Morgan fingerprint density at radius 2 is 2.19 bits per heavy atom. The summed E-state index contributed by atoms with van der Waals surface area (Å²) in [6.07, 6.45) is 2.49. The molecule has 1 saturated heterocycles. The molecule has 4 heteroatoms. The summed E-state index contributed by atoms with van der Waals surface area (Å²) in [5.41, 5.74) is 8.69. The molecule has 90 valence electrons. The Balaban J connectivity index is 2.08. The maximum atomic E-state index is 5.96. The Morgan fingerprint density at radius 1 is 1.50 bits per heavy atom. The van der Waals surface area contributed by atoms with Crippen molar-refractivity contribution < 1.29 is 4.74 Å². The molecular formula is C12H21N3O. The predicted octanol–water partition coefficient (Wildman–Crippen LogP) is 2.04. The van der Waals surface area contributed by atoms with E-state index in [0.29, 0.717) is 0 Å². The minimum atomic E-state index is 0.0202. The normalized spacial score (nSPS) is 23.9. The van der Waals surface area contributed by atoms with Crippen LogP contribution >= 0.6 is 0 Å². The third-order valence-electron chi connectivity index (χ3n) is 3.37. The SMILES string of the molecule is Cc1nn(CC2CCC(C)(C)O2)c(C)c1N. The highest BCUT2D eigenvalue weighted by Gasteiger charge is 2.32. The van der Waals surface area contributed by atoms with E-state index in [4.69, 9.17) is 10.5 Å². The number of anilines is 1. The summed E-state index contributed by atoms with van der Waals surface area (Å²) in [7, 11) is 0. The van der Waals surface area contributed by atoms with E-state index in [2.05, 4.69) is 18.9 Å². The van der Waals surface area contributed by atoms with E-state index in [0.717, 1.165) is 36.5 Å². The van der Waals surface area contributed by atoms with Gasteiger partial charge in [0.1, 0.15) is 0 Å². The molecule has 0 amide bonds. The van der Waals surface area contributed by atoms with Gasteiger partial charge in [0, 0.05) is 0 Å². The first-order valence-corrected chi connectivity index (χ1v) is 5.86. The van der Waals surface area contributed by atoms with Crippen LogP contribution in [-0.4, -0.2) is 21.5 Å². The van der Waals surface area contributed by atoms with Crippen LogP contribution in [-0.2, 0) is 11.3 Å². The van der Waals surface area contributed by atoms with E-state index in [9.17, 15) is 0 Å². The van der Waals surface area contributed by atoms with E-state index in [1.165, 1.54) is 0 Å². The fourth-order valence-corrected chi connectivity index (χ4v) is 2.29. The minimum Gasteiger partial charge on any atom is -0.396 e. The average Bonchev–Trinajstić information content (AvgIpc) is 2.64. The van der Waals surface area contributed by atoms with Crippen LogP contribution in [0.25, 0.3) is 0 Å². The van der Waals surface area contributed by atoms with Gasteiger partial charge in [-0.2, -0.15) is 5.10 Å². The first-order valence-electron chi connectivity index (χ1n) is 5.86. The molecule has 0 saturated carbocycles. The maximum absolute atomic E-state index is 5.96. The molecule has 1 fully saturated rings. The molecule has 0 spiro atoms. The third kappa shape index (κ3) is 2.07. The molecule has 4 nitrogen and oxygen atoms in total. The monoisotopic (exact) mass is 223 g/mol. The Hall–Kier alpha value is -1.03. The van der Waals surface area contributed by atoms with Gasteiger partial charge < -0.3 is 10.5 Å². The molecule has 1 aliphatic heterocycles. The topological polar surface area (TPSA) is 53.1 Å². The quantitative estimate of drug-likeness (QED) is 0.834. The largest absolute Gasteiger partial charge is 0.396 e. The molecule has 0 radical (unpaired) electrons. The standard InChI is InChI=1S/C12H21N3O/c1-8-11(13)9(2)15(14-8)7-10-5-6-12(3,4)16-10/h10H,5-7,13H2,1-4H3. The third-order valence-corrected chi connectivity index (χ3v) is 3.37. The summed E-state index contributed by atoms with van der Waals surface area (Å²) in [4.78, 5) is 0. The van der Waals surface area contributed by atoms with Crippen molar-refractivity contribution >= 4 is 5.69 Å². The molecule has 0 aliphatic carbocycles. The minimum absolute atomic E-state index is 0.0202. The highest BCUT2D eigenvalue weighted by Crippen LogP contribution is 2.30. The number of hydrogen-bond acceptors (Lipinski definition) is 3. The molecule has 1 aliphatic rings. The summed E-state index contributed by atoms with van der Waals surface area (Å²) in [5.74, 6) is 0.